The first kappa shape index (κ1) is 14.2. The Kier molecular flexibility index (Phi) is 5.05. The lowest BCUT2D eigenvalue weighted by atomic mass is 10.2. The number of hydrogen-bond donors (Lipinski definition) is 1. The molecule has 0 bridgehead atoms. The standard InChI is InChI=1S/C15H20N2OS/c1-3-13-9-14(17(4-2)16-13)11-19-15-7-5-12(10-18)6-8-15/h5-9,18H,3-4,10-11H2,1-2H3. The van der Waals surface area contributed by atoms with Gasteiger partial charge in [-0.05, 0) is 37.1 Å². The summed E-state index contributed by atoms with van der Waals surface area (Å²) in [5.41, 5.74) is 3.39. The summed E-state index contributed by atoms with van der Waals surface area (Å²) in [5, 5.41) is 13.6. The van der Waals surface area contributed by atoms with Crippen molar-refractivity contribution in [2.45, 2.75) is 44.1 Å². The highest BCUT2D eigenvalue weighted by Crippen LogP contribution is 2.23. The number of benzene rings is 1. The predicted octanol–water partition coefficient (Wildman–Crippen LogP) is 3.25. The Bertz CT molecular complexity index is 519. The van der Waals surface area contributed by atoms with Gasteiger partial charge in [0, 0.05) is 22.9 Å². The molecule has 0 amide bonds. The SMILES string of the molecule is CCc1cc(CSc2ccc(CO)cc2)n(CC)n1. The Labute approximate surface area is 118 Å². The minimum absolute atomic E-state index is 0.105. The highest BCUT2D eigenvalue weighted by molar-refractivity contribution is 7.98. The first-order chi connectivity index (χ1) is 9.26. The molecule has 0 aliphatic rings. The number of hydrogen-bond acceptors (Lipinski definition) is 3. The molecule has 0 atom stereocenters. The van der Waals surface area contributed by atoms with Crippen molar-refractivity contribution in [1.29, 1.82) is 0 Å². The zero-order chi connectivity index (χ0) is 13.7. The first-order valence-corrected chi connectivity index (χ1v) is 7.63. The van der Waals surface area contributed by atoms with Crippen molar-refractivity contribution in [1.82, 2.24) is 9.78 Å². The van der Waals surface area contributed by atoms with E-state index in [1.807, 2.05) is 12.1 Å². The molecule has 0 radical (unpaired) electrons. The van der Waals surface area contributed by atoms with E-state index in [1.165, 1.54) is 10.6 Å². The Hall–Kier alpha value is -1.26. The number of thioether (sulfide) groups is 1. The fraction of sp³-hybridized carbons (Fsp3) is 0.400. The van der Waals surface area contributed by atoms with Crippen molar-refractivity contribution in [3.05, 3.63) is 47.3 Å². The van der Waals surface area contributed by atoms with Crippen molar-refractivity contribution in [3.63, 3.8) is 0 Å². The van der Waals surface area contributed by atoms with E-state index in [4.69, 9.17) is 5.11 Å². The van der Waals surface area contributed by atoms with Crippen molar-refractivity contribution < 1.29 is 5.11 Å². The number of aliphatic hydroxyl groups is 1. The smallest absolute Gasteiger partial charge is 0.0681 e. The largest absolute Gasteiger partial charge is 0.392 e. The molecule has 2 aromatic rings. The summed E-state index contributed by atoms with van der Waals surface area (Å²) in [6.45, 7) is 5.27. The molecule has 0 saturated heterocycles. The van der Waals surface area contributed by atoms with Gasteiger partial charge in [0.05, 0.1) is 12.3 Å². The van der Waals surface area contributed by atoms with Crippen LogP contribution in [0.2, 0.25) is 0 Å². The van der Waals surface area contributed by atoms with Gasteiger partial charge in [-0.15, -0.1) is 11.8 Å². The molecule has 0 aliphatic heterocycles. The Morgan fingerprint density at radius 2 is 1.95 bits per heavy atom. The van der Waals surface area contributed by atoms with E-state index in [0.717, 1.165) is 30.0 Å². The second-order valence-corrected chi connectivity index (χ2v) is 5.44. The van der Waals surface area contributed by atoms with Crippen LogP contribution in [0.25, 0.3) is 0 Å². The van der Waals surface area contributed by atoms with Gasteiger partial charge in [-0.3, -0.25) is 4.68 Å². The molecule has 1 aromatic heterocycles. The second kappa shape index (κ2) is 6.78. The van der Waals surface area contributed by atoms with Gasteiger partial charge in [0.25, 0.3) is 0 Å². The average Bonchev–Trinajstić information content (AvgIpc) is 2.88. The highest BCUT2D eigenvalue weighted by Gasteiger charge is 2.06. The number of aromatic nitrogens is 2. The maximum atomic E-state index is 9.02. The Morgan fingerprint density at radius 1 is 1.21 bits per heavy atom. The molecular formula is C15H20N2OS. The van der Waals surface area contributed by atoms with Crippen molar-refractivity contribution in [3.8, 4) is 0 Å². The van der Waals surface area contributed by atoms with Gasteiger partial charge in [0.15, 0.2) is 0 Å². The van der Waals surface area contributed by atoms with Gasteiger partial charge in [-0.2, -0.15) is 5.10 Å². The summed E-state index contributed by atoms with van der Waals surface area (Å²) in [5.74, 6) is 0.930. The molecule has 102 valence electrons. The lowest BCUT2D eigenvalue weighted by Crippen LogP contribution is -2.01. The molecule has 2 rings (SSSR count). The summed E-state index contributed by atoms with van der Waals surface area (Å²) in [6.07, 6.45) is 0.982. The minimum Gasteiger partial charge on any atom is -0.392 e. The maximum absolute atomic E-state index is 9.02. The summed E-state index contributed by atoms with van der Waals surface area (Å²) in [7, 11) is 0. The Morgan fingerprint density at radius 3 is 2.53 bits per heavy atom. The maximum Gasteiger partial charge on any atom is 0.0681 e. The van der Waals surface area contributed by atoms with Gasteiger partial charge in [-0.25, -0.2) is 0 Å². The lowest BCUT2D eigenvalue weighted by Gasteiger charge is -2.05. The van der Waals surface area contributed by atoms with Crippen LogP contribution in [0.15, 0.2) is 35.2 Å². The summed E-state index contributed by atoms with van der Waals surface area (Å²) < 4.78 is 2.08. The number of nitrogens with zero attached hydrogens (tertiary/aromatic N) is 2. The quantitative estimate of drug-likeness (QED) is 0.823. The molecule has 1 aromatic carbocycles. The van der Waals surface area contributed by atoms with Crippen LogP contribution in [0.1, 0.15) is 30.8 Å². The van der Waals surface area contributed by atoms with Crippen LogP contribution in [0.5, 0.6) is 0 Å². The minimum atomic E-state index is 0.105. The number of aliphatic hydroxyl groups excluding tert-OH is 1. The van der Waals surface area contributed by atoms with Gasteiger partial charge in [0.1, 0.15) is 0 Å². The van der Waals surface area contributed by atoms with E-state index < -0.39 is 0 Å². The van der Waals surface area contributed by atoms with Crippen molar-refractivity contribution >= 4 is 11.8 Å². The molecule has 0 fully saturated rings. The van der Waals surface area contributed by atoms with E-state index in [1.54, 1.807) is 11.8 Å². The molecule has 0 unspecified atom stereocenters. The van der Waals surface area contributed by atoms with E-state index in [0.29, 0.717) is 0 Å². The van der Waals surface area contributed by atoms with Crippen LogP contribution < -0.4 is 0 Å². The number of rotatable bonds is 6. The highest BCUT2D eigenvalue weighted by atomic mass is 32.2. The molecule has 1 N–H and O–H groups in total. The zero-order valence-corrected chi connectivity index (χ0v) is 12.3. The third-order valence-corrected chi connectivity index (χ3v) is 4.11. The van der Waals surface area contributed by atoms with Crippen molar-refractivity contribution in [2.24, 2.45) is 0 Å². The van der Waals surface area contributed by atoms with Crippen molar-refractivity contribution in [2.75, 3.05) is 0 Å². The molecular weight excluding hydrogens is 256 g/mol. The van der Waals surface area contributed by atoms with Gasteiger partial charge < -0.3 is 5.11 Å². The first-order valence-electron chi connectivity index (χ1n) is 6.65. The molecule has 3 nitrogen and oxygen atoms in total. The van der Waals surface area contributed by atoms with Gasteiger partial charge in [0.2, 0.25) is 0 Å². The van der Waals surface area contributed by atoms with E-state index in [9.17, 15) is 0 Å². The fourth-order valence-electron chi connectivity index (χ4n) is 1.93. The third-order valence-electron chi connectivity index (χ3n) is 3.07. The monoisotopic (exact) mass is 276 g/mol. The van der Waals surface area contributed by atoms with Crippen LogP contribution in [0, 0.1) is 0 Å². The van der Waals surface area contributed by atoms with E-state index >= 15 is 0 Å². The topological polar surface area (TPSA) is 38.0 Å². The molecule has 0 aliphatic carbocycles. The van der Waals surface area contributed by atoms with Gasteiger partial charge in [-0.1, -0.05) is 19.1 Å². The zero-order valence-electron chi connectivity index (χ0n) is 11.5. The predicted molar refractivity (Wildman–Crippen MR) is 79.2 cm³/mol. The molecule has 0 spiro atoms. The Balaban J connectivity index is 2.02. The normalized spacial score (nSPS) is 10.9. The molecule has 4 heteroatoms. The van der Waals surface area contributed by atoms with E-state index in [-0.39, 0.29) is 6.61 Å². The van der Waals surface area contributed by atoms with Crippen LogP contribution in [-0.2, 0) is 25.3 Å². The fourth-order valence-corrected chi connectivity index (χ4v) is 2.80. The summed E-state index contributed by atoms with van der Waals surface area (Å²) in [4.78, 5) is 1.22. The molecule has 1 heterocycles. The van der Waals surface area contributed by atoms with E-state index in [2.05, 4.69) is 41.8 Å². The van der Waals surface area contributed by atoms with Crippen LogP contribution in [0.3, 0.4) is 0 Å². The number of aryl methyl sites for hydroxylation is 2. The molecule has 19 heavy (non-hydrogen) atoms. The summed E-state index contributed by atoms with van der Waals surface area (Å²) >= 11 is 1.80. The third kappa shape index (κ3) is 3.61. The lowest BCUT2D eigenvalue weighted by molar-refractivity contribution is 0.282. The summed E-state index contributed by atoms with van der Waals surface area (Å²) in [6, 6.07) is 10.2. The average molecular weight is 276 g/mol. The van der Waals surface area contributed by atoms with Gasteiger partial charge >= 0.3 is 0 Å². The van der Waals surface area contributed by atoms with Crippen LogP contribution >= 0.6 is 11.8 Å². The van der Waals surface area contributed by atoms with Crippen LogP contribution in [-0.4, -0.2) is 14.9 Å². The molecule has 0 saturated carbocycles. The van der Waals surface area contributed by atoms with Crippen LogP contribution in [0.4, 0.5) is 0 Å². The second-order valence-electron chi connectivity index (χ2n) is 4.39.